The summed E-state index contributed by atoms with van der Waals surface area (Å²) in [5, 5.41) is 14.0. The lowest BCUT2D eigenvalue weighted by Crippen LogP contribution is -2.20. The Hall–Kier alpha value is -3.59. The predicted molar refractivity (Wildman–Crippen MR) is 100 cm³/mol. The lowest BCUT2D eigenvalue weighted by atomic mass is 10.1. The van der Waals surface area contributed by atoms with Crippen LogP contribution in [0.15, 0.2) is 55.0 Å². The highest BCUT2D eigenvalue weighted by Crippen LogP contribution is 2.32. The van der Waals surface area contributed by atoms with Gasteiger partial charge in [0, 0.05) is 18.1 Å². The van der Waals surface area contributed by atoms with Gasteiger partial charge in [0.2, 0.25) is 5.95 Å². The Balaban J connectivity index is 1.91. The van der Waals surface area contributed by atoms with Crippen molar-refractivity contribution in [2.75, 3.05) is 4.90 Å². The van der Waals surface area contributed by atoms with Gasteiger partial charge in [0.25, 0.3) is 0 Å². The van der Waals surface area contributed by atoms with Crippen molar-refractivity contribution in [1.82, 2.24) is 19.6 Å². The van der Waals surface area contributed by atoms with Crippen molar-refractivity contribution in [2.45, 2.75) is 20.4 Å². The highest BCUT2D eigenvalue weighted by molar-refractivity contribution is 5.82. The summed E-state index contributed by atoms with van der Waals surface area (Å²) in [4.78, 5) is 9.84. The summed E-state index contributed by atoms with van der Waals surface area (Å²) in [6.45, 7) is 4.63. The van der Waals surface area contributed by atoms with Gasteiger partial charge >= 0.3 is 0 Å². The van der Waals surface area contributed by atoms with Crippen LogP contribution in [-0.4, -0.2) is 19.6 Å². The van der Waals surface area contributed by atoms with E-state index in [9.17, 15) is 5.26 Å². The second-order valence-corrected chi connectivity index (χ2v) is 6.32. The summed E-state index contributed by atoms with van der Waals surface area (Å²) >= 11 is 0. The van der Waals surface area contributed by atoms with Crippen molar-refractivity contribution in [1.29, 1.82) is 5.26 Å². The monoisotopic (exact) mass is 342 g/mol. The first-order valence-corrected chi connectivity index (χ1v) is 8.37. The van der Waals surface area contributed by atoms with Crippen LogP contribution in [0, 0.1) is 25.2 Å². The van der Waals surface area contributed by atoms with Crippen molar-refractivity contribution in [3.8, 4) is 6.07 Å². The highest BCUT2D eigenvalue weighted by atomic mass is 15.3. The molecular weight excluding hydrogens is 324 g/mol. The van der Waals surface area contributed by atoms with Crippen LogP contribution in [0.4, 0.5) is 11.6 Å². The van der Waals surface area contributed by atoms with E-state index < -0.39 is 0 Å². The fourth-order valence-electron chi connectivity index (χ4n) is 3.13. The third-order valence-corrected chi connectivity index (χ3v) is 4.30. The number of nitrogens with one attached hydrogen (secondary N) is 1. The number of nitriles is 1. The van der Waals surface area contributed by atoms with Gasteiger partial charge in [-0.1, -0.05) is 29.8 Å². The maximum atomic E-state index is 9.67. The van der Waals surface area contributed by atoms with Crippen LogP contribution in [0.2, 0.25) is 0 Å². The van der Waals surface area contributed by atoms with Gasteiger partial charge in [-0.15, -0.1) is 0 Å². The quantitative estimate of drug-likeness (QED) is 0.611. The second-order valence-electron chi connectivity index (χ2n) is 6.32. The lowest BCUT2D eigenvalue weighted by molar-refractivity contribution is 0.892. The summed E-state index contributed by atoms with van der Waals surface area (Å²) in [6.07, 6.45) is 5.26. The van der Waals surface area contributed by atoms with Gasteiger partial charge < -0.3 is 9.88 Å². The fraction of sp³-hybridized carbons (Fsp3) is 0.150. The first-order valence-electron chi connectivity index (χ1n) is 8.37. The van der Waals surface area contributed by atoms with Crippen LogP contribution in [0.5, 0.6) is 0 Å². The molecule has 6 nitrogen and oxygen atoms in total. The van der Waals surface area contributed by atoms with Gasteiger partial charge in [-0.2, -0.15) is 10.4 Å². The third-order valence-electron chi connectivity index (χ3n) is 4.30. The van der Waals surface area contributed by atoms with Crippen LogP contribution in [-0.2, 0) is 6.54 Å². The number of rotatable bonds is 4. The van der Waals surface area contributed by atoms with E-state index in [4.69, 9.17) is 0 Å². The van der Waals surface area contributed by atoms with Gasteiger partial charge in [0.1, 0.15) is 6.07 Å². The Morgan fingerprint density at radius 1 is 1.19 bits per heavy atom. The summed E-state index contributed by atoms with van der Waals surface area (Å²) in [5.74, 6) is 0.704. The molecule has 4 rings (SSSR count). The van der Waals surface area contributed by atoms with Crippen molar-refractivity contribution in [3.05, 3.63) is 77.4 Å². The number of aryl methyl sites for hydroxylation is 2. The molecule has 0 saturated heterocycles. The van der Waals surface area contributed by atoms with Crippen LogP contribution in [0.25, 0.3) is 5.52 Å². The maximum absolute atomic E-state index is 9.67. The Labute approximate surface area is 151 Å². The molecule has 0 aliphatic rings. The number of aromatic nitrogens is 4. The molecular formula is C20H18N6. The molecule has 1 aromatic carbocycles. The number of hydrogen-bond acceptors (Lipinski definition) is 4. The Kier molecular flexibility index (Phi) is 3.90. The third kappa shape index (κ3) is 2.80. The molecule has 3 heterocycles. The SMILES string of the molecule is Cc1cccc(CN(c2ncc(C)[nH]2)c2c(C#N)cnn3cccc23)c1. The second kappa shape index (κ2) is 6.37. The minimum absolute atomic E-state index is 0.512. The average molecular weight is 342 g/mol. The van der Waals surface area contributed by atoms with E-state index in [-0.39, 0.29) is 0 Å². The molecule has 0 unspecified atom stereocenters. The number of H-pyrrole nitrogens is 1. The molecule has 6 heteroatoms. The molecule has 4 aromatic rings. The van der Waals surface area contributed by atoms with Crippen molar-refractivity contribution in [3.63, 3.8) is 0 Å². The molecule has 0 saturated carbocycles. The molecule has 0 aliphatic carbocycles. The first-order chi connectivity index (χ1) is 12.7. The zero-order chi connectivity index (χ0) is 18.1. The first kappa shape index (κ1) is 15.9. The van der Waals surface area contributed by atoms with E-state index in [1.807, 2.05) is 36.2 Å². The van der Waals surface area contributed by atoms with Crippen molar-refractivity contribution >= 4 is 17.2 Å². The Morgan fingerprint density at radius 3 is 2.81 bits per heavy atom. The zero-order valence-electron chi connectivity index (χ0n) is 14.6. The van der Waals surface area contributed by atoms with E-state index in [2.05, 4.69) is 46.3 Å². The van der Waals surface area contributed by atoms with Crippen LogP contribution < -0.4 is 4.90 Å². The smallest absolute Gasteiger partial charge is 0.207 e. The van der Waals surface area contributed by atoms with Crippen LogP contribution in [0.3, 0.4) is 0 Å². The van der Waals surface area contributed by atoms with Crippen molar-refractivity contribution < 1.29 is 0 Å². The van der Waals surface area contributed by atoms with E-state index in [1.165, 1.54) is 5.56 Å². The fourth-order valence-corrected chi connectivity index (χ4v) is 3.13. The number of imidazole rings is 1. The topological polar surface area (TPSA) is 73.0 Å². The van der Waals surface area contributed by atoms with E-state index in [0.29, 0.717) is 18.1 Å². The lowest BCUT2D eigenvalue weighted by Gasteiger charge is -2.24. The predicted octanol–water partition coefficient (Wildman–Crippen LogP) is 3.88. The number of nitrogens with zero attached hydrogens (tertiary/aromatic N) is 5. The molecule has 0 aliphatic heterocycles. The molecule has 0 bridgehead atoms. The minimum Gasteiger partial charge on any atom is -0.328 e. The van der Waals surface area contributed by atoms with Gasteiger partial charge in [-0.05, 0) is 31.5 Å². The molecule has 3 aromatic heterocycles. The summed E-state index contributed by atoms with van der Waals surface area (Å²) in [7, 11) is 0. The van der Waals surface area contributed by atoms with E-state index in [0.717, 1.165) is 22.5 Å². The van der Waals surface area contributed by atoms with Crippen molar-refractivity contribution in [2.24, 2.45) is 0 Å². The number of benzene rings is 1. The van der Waals surface area contributed by atoms with Crippen LogP contribution >= 0.6 is 0 Å². The summed E-state index contributed by atoms with van der Waals surface area (Å²) in [6, 6.07) is 14.5. The Morgan fingerprint density at radius 2 is 2.08 bits per heavy atom. The molecule has 0 atom stereocenters. The Bertz CT molecular complexity index is 1110. The summed E-state index contributed by atoms with van der Waals surface area (Å²) < 4.78 is 1.77. The van der Waals surface area contributed by atoms with Gasteiger partial charge in [-0.25, -0.2) is 9.50 Å². The summed E-state index contributed by atoms with van der Waals surface area (Å²) in [5.41, 5.74) is 5.48. The molecule has 0 radical (unpaired) electrons. The molecule has 128 valence electrons. The number of fused-ring (bicyclic) bond motifs is 1. The molecule has 0 spiro atoms. The largest absolute Gasteiger partial charge is 0.328 e. The minimum atomic E-state index is 0.512. The van der Waals surface area contributed by atoms with Gasteiger partial charge in [0.05, 0.1) is 29.5 Å². The standard InChI is InChI=1S/C20H18N6/c1-14-5-3-6-16(9-14)13-25(20-22-11-15(2)24-20)19-17(10-21)12-23-26-8-4-7-18(19)26/h3-9,11-12H,13H2,1-2H3,(H,22,24). The highest BCUT2D eigenvalue weighted by Gasteiger charge is 2.20. The van der Waals surface area contributed by atoms with Crippen LogP contribution in [0.1, 0.15) is 22.4 Å². The number of hydrogen-bond donors (Lipinski definition) is 1. The van der Waals surface area contributed by atoms with Gasteiger partial charge in [0.15, 0.2) is 0 Å². The van der Waals surface area contributed by atoms with E-state index in [1.54, 1.807) is 16.9 Å². The molecule has 1 N–H and O–H groups in total. The molecule has 0 amide bonds. The normalized spacial score (nSPS) is 10.8. The number of aromatic amines is 1. The average Bonchev–Trinajstić information content (AvgIpc) is 3.27. The number of anilines is 2. The zero-order valence-corrected chi connectivity index (χ0v) is 14.6. The molecule has 0 fully saturated rings. The van der Waals surface area contributed by atoms with Gasteiger partial charge in [-0.3, -0.25) is 0 Å². The maximum Gasteiger partial charge on any atom is 0.207 e. The molecule has 26 heavy (non-hydrogen) atoms. The van der Waals surface area contributed by atoms with E-state index >= 15 is 0 Å².